The summed E-state index contributed by atoms with van der Waals surface area (Å²) in [6.07, 6.45) is 3.48. The van der Waals surface area contributed by atoms with Gasteiger partial charge in [-0.15, -0.1) is 0 Å². The van der Waals surface area contributed by atoms with E-state index in [1.807, 2.05) is 0 Å². The summed E-state index contributed by atoms with van der Waals surface area (Å²) in [5.74, 6) is 0.349. The summed E-state index contributed by atoms with van der Waals surface area (Å²) in [6.45, 7) is 1.96. The largest absolute Gasteiger partial charge is 0.439 e. The Morgan fingerprint density at radius 1 is 1.26 bits per heavy atom. The van der Waals surface area contributed by atoms with Crippen molar-refractivity contribution in [2.24, 2.45) is 0 Å². The SMILES string of the molecule is C[C@@]1(O)CCN(c2ccnc(Nc3ccc(-c4noc(=O)[nH]4)cn3)c2)C1=O. The minimum absolute atomic E-state index is 0.291. The average Bonchev–Trinajstić information content (AvgIpc) is 3.20. The number of carbonyl (C=O) groups excluding carboxylic acids is 1. The van der Waals surface area contributed by atoms with Crippen LogP contribution in [0.1, 0.15) is 13.3 Å². The monoisotopic (exact) mass is 368 g/mol. The molecule has 10 heteroatoms. The molecule has 0 aliphatic carbocycles. The van der Waals surface area contributed by atoms with Gasteiger partial charge in [0.2, 0.25) is 0 Å². The number of aromatic nitrogens is 4. The zero-order valence-corrected chi connectivity index (χ0v) is 14.3. The van der Waals surface area contributed by atoms with Gasteiger partial charge in [-0.25, -0.2) is 14.8 Å². The fourth-order valence-electron chi connectivity index (χ4n) is 2.82. The van der Waals surface area contributed by atoms with Crippen molar-refractivity contribution in [3.05, 3.63) is 47.2 Å². The van der Waals surface area contributed by atoms with Crippen LogP contribution < -0.4 is 16.0 Å². The first-order valence-electron chi connectivity index (χ1n) is 8.22. The lowest BCUT2D eigenvalue weighted by molar-refractivity contribution is -0.131. The molecule has 1 fully saturated rings. The lowest BCUT2D eigenvalue weighted by Gasteiger charge is -2.19. The second kappa shape index (κ2) is 6.32. The maximum absolute atomic E-state index is 12.3. The van der Waals surface area contributed by atoms with Crippen molar-refractivity contribution in [2.45, 2.75) is 18.9 Å². The van der Waals surface area contributed by atoms with Crippen LogP contribution in [-0.4, -0.2) is 43.3 Å². The number of nitrogens with zero attached hydrogens (tertiary/aromatic N) is 4. The standard InChI is InChI=1S/C17H16N6O4/c1-17(26)5-7-23(15(17)24)11-4-6-18-13(8-11)20-12-3-2-10(9-19-12)14-21-16(25)27-22-14/h2-4,6,8-9,26H,5,7H2,1H3,(H,18,19,20)(H,21,22,25)/t17-/m1/s1. The molecule has 1 aliphatic rings. The van der Waals surface area contributed by atoms with Gasteiger partial charge in [0, 0.05) is 42.7 Å². The van der Waals surface area contributed by atoms with Crippen LogP contribution in [0.25, 0.3) is 11.4 Å². The molecular formula is C17H16N6O4. The molecule has 1 amide bonds. The molecule has 3 aromatic rings. The molecule has 3 aromatic heterocycles. The zero-order valence-electron chi connectivity index (χ0n) is 14.3. The summed E-state index contributed by atoms with van der Waals surface area (Å²) in [5.41, 5.74) is -0.0962. The molecule has 138 valence electrons. The van der Waals surface area contributed by atoms with Gasteiger partial charge in [-0.3, -0.25) is 14.3 Å². The van der Waals surface area contributed by atoms with E-state index in [1.54, 1.807) is 30.5 Å². The average molecular weight is 368 g/mol. The fourth-order valence-corrected chi connectivity index (χ4v) is 2.82. The van der Waals surface area contributed by atoms with E-state index in [1.165, 1.54) is 18.0 Å². The quantitative estimate of drug-likeness (QED) is 0.621. The number of anilines is 3. The highest BCUT2D eigenvalue weighted by atomic mass is 16.5. The maximum atomic E-state index is 12.3. The van der Waals surface area contributed by atoms with Crippen LogP contribution in [0.15, 0.2) is 46.0 Å². The molecule has 0 bridgehead atoms. The Bertz CT molecular complexity index is 1040. The number of carbonyl (C=O) groups is 1. The molecule has 0 aromatic carbocycles. The molecule has 10 nitrogen and oxygen atoms in total. The molecule has 1 saturated heterocycles. The minimum atomic E-state index is -1.34. The predicted octanol–water partition coefficient (Wildman–Crippen LogP) is 1.05. The Kier molecular flexibility index (Phi) is 3.96. The molecule has 1 atom stereocenters. The molecule has 4 heterocycles. The molecule has 0 unspecified atom stereocenters. The van der Waals surface area contributed by atoms with E-state index >= 15 is 0 Å². The number of pyridine rings is 2. The molecule has 0 saturated carbocycles. The van der Waals surface area contributed by atoms with Crippen LogP contribution in [0, 0.1) is 0 Å². The van der Waals surface area contributed by atoms with E-state index in [-0.39, 0.29) is 5.91 Å². The van der Waals surface area contributed by atoms with Crippen LogP contribution in [0.3, 0.4) is 0 Å². The zero-order chi connectivity index (χ0) is 19.0. The number of nitrogens with one attached hydrogen (secondary N) is 2. The molecule has 27 heavy (non-hydrogen) atoms. The number of hydrogen-bond acceptors (Lipinski definition) is 8. The Hall–Kier alpha value is -3.53. The smallest absolute Gasteiger partial charge is 0.380 e. The normalized spacial score (nSPS) is 19.5. The summed E-state index contributed by atoms with van der Waals surface area (Å²) in [5, 5.41) is 16.7. The first-order chi connectivity index (χ1) is 12.9. The number of aliphatic hydroxyl groups is 1. The summed E-state index contributed by atoms with van der Waals surface area (Å²) in [7, 11) is 0. The van der Waals surface area contributed by atoms with Gasteiger partial charge in [0.05, 0.1) is 0 Å². The highest BCUT2D eigenvalue weighted by Crippen LogP contribution is 2.29. The van der Waals surface area contributed by atoms with Crippen molar-refractivity contribution in [1.82, 2.24) is 20.1 Å². The molecule has 1 aliphatic heterocycles. The van der Waals surface area contributed by atoms with Gasteiger partial charge < -0.3 is 15.3 Å². The van der Waals surface area contributed by atoms with Gasteiger partial charge in [0.1, 0.15) is 17.2 Å². The van der Waals surface area contributed by atoms with Crippen molar-refractivity contribution in [2.75, 3.05) is 16.8 Å². The Balaban J connectivity index is 1.52. The predicted molar refractivity (Wildman–Crippen MR) is 95.5 cm³/mol. The third-order valence-corrected chi connectivity index (χ3v) is 4.32. The van der Waals surface area contributed by atoms with Gasteiger partial charge in [-0.1, -0.05) is 5.16 Å². The summed E-state index contributed by atoms with van der Waals surface area (Å²) >= 11 is 0. The Labute approximate surface area is 152 Å². The number of H-pyrrole nitrogens is 1. The maximum Gasteiger partial charge on any atom is 0.439 e. The molecule has 0 spiro atoms. The highest BCUT2D eigenvalue weighted by molar-refractivity contribution is 6.01. The third-order valence-electron chi connectivity index (χ3n) is 4.32. The van der Waals surface area contributed by atoms with Crippen LogP contribution in [0.5, 0.6) is 0 Å². The van der Waals surface area contributed by atoms with Crippen molar-refractivity contribution in [3.63, 3.8) is 0 Å². The number of hydrogen-bond donors (Lipinski definition) is 3. The minimum Gasteiger partial charge on any atom is -0.380 e. The van der Waals surface area contributed by atoms with Crippen LogP contribution >= 0.6 is 0 Å². The van der Waals surface area contributed by atoms with E-state index in [0.29, 0.717) is 41.7 Å². The fraction of sp³-hybridized carbons (Fsp3) is 0.235. The number of aromatic amines is 1. The van der Waals surface area contributed by atoms with Crippen molar-refractivity contribution < 1.29 is 14.4 Å². The topological polar surface area (TPSA) is 137 Å². The molecule has 4 rings (SSSR count). The Morgan fingerprint density at radius 2 is 2.11 bits per heavy atom. The van der Waals surface area contributed by atoms with Gasteiger partial charge in [0.15, 0.2) is 5.82 Å². The van der Waals surface area contributed by atoms with Crippen LogP contribution in [0.2, 0.25) is 0 Å². The molecule has 3 N–H and O–H groups in total. The Morgan fingerprint density at radius 3 is 2.74 bits per heavy atom. The second-order valence-corrected chi connectivity index (χ2v) is 6.38. The lowest BCUT2D eigenvalue weighted by Crippen LogP contribution is -2.37. The van der Waals surface area contributed by atoms with Gasteiger partial charge in [0.25, 0.3) is 5.91 Å². The van der Waals surface area contributed by atoms with Crippen molar-refractivity contribution in [1.29, 1.82) is 0 Å². The van der Waals surface area contributed by atoms with Crippen LogP contribution in [-0.2, 0) is 4.79 Å². The first-order valence-corrected chi connectivity index (χ1v) is 8.22. The van der Waals surface area contributed by atoms with Gasteiger partial charge >= 0.3 is 5.76 Å². The summed E-state index contributed by atoms with van der Waals surface area (Å²) in [4.78, 5) is 35.7. The van der Waals surface area contributed by atoms with E-state index < -0.39 is 11.4 Å². The van der Waals surface area contributed by atoms with Gasteiger partial charge in [-0.2, -0.15) is 0 Å². The van der Waals surface area contributed by atoms with E-state index in [9.17, 15) is 14.7 Å². The number of rotatable bonds is 4. The number of amides is 1. The summed E-state index contributed by atoms with van der Waals surface area (Å²) < 4.78 is 4.47. The molecular weight excluding hydrogens is 352 g/mol. The second-order valence-electron chi connectivity index (χ2n) is 6.38. The van der Waals surface area contributed by atoms with Crippen molar-refractivity contribution >= 4 is 23.2 Å². The van der Waals surface area contributed by atoms with E-state index in [4.69, 9.17) is 0 Å². The van der Waals surface area contributed by atoms with Crippen molar-refractivity contribution in [3.8, 4) is 11.4 Å². The highest BCUT2D eigenvalue weighted by Gasteiger charge is 2.41. The van der Waals surface area contributed by atoms with Gasteiger partial charge in [-0.05, 0) is 25.1 Å². The first kappa shape index (κ1) is 16.9. The van der Waals surface area contributed by atoms with Crippen LogP contribution in [0.4, 0.5) is 17.3 Å². The van der Waals surface area contributed by atoms with E-state index in [0.717, 1.165) is 0 Å². The van der Waals surface area contributed by atoms with E-state index in [2.05, 4.69) is 29.9 Å². The lowest BCUT2D eigenvalue weighted by atomic mass is 10.1. The summed E-state index contributed by atoms with van der Waals surface area (Å²) in [6, 6.07) is 6.84. The third kappa shape index (κ3) is 3.29. The molecule has 0 radical (unpaired) electrons.